The molecule has 0 fully saturated rings. The van der Waals surface area contributed by atoms with E-state index in [2.05, 4.69) is 91.2 Å². The quantitative estimate of drug-likeness (QED) is 0.249. The van der Waals surface area contributed by atoms with Crippen LogP contribution >= 0.6 is 0 Å². The largest absolute Gasteiger partial charge is 0.454 e. The van der Waals surface area contributed by atoms with Gasteiger partial charge in [0, 0.05) is 28.5 Å². The monoisotopic (exact) mass is 465 g/mol. The van der Waals surface area contributed by atoms with Crippen LogP contribution in [-0.4, -0.2) is 0 Å². The number of benzene rings is 4. The van der Waals surface area contributed by atoms with Gasteiger partial charge in [0.15, 0.2) is 6.20 Å². The molecule has 2 heterocycles. The van der Waals surface area contributed by atoms with Gasteiger partial charge < -0.3 is 4.42 Å². The molecule has 0 unspecified atom stereocenters. The van der Waals surface area contributed by atoms with E-state index in [-0.39, 0.29) is 0 Å². The van der Waals surface area contributed by atoms with Crippen molar-refractivity contribution in [2.24, 2.45) is 7.05 Å². The molecule has 0 saturated carbocycles. The molecule has 0 atom stereocenters. The highest BCUT2D eigenvalue weighted by molar-refractivity contribution is 6.14. The molecule has 0 aliphatic rings. The van der Waals surface area contributed by atoms with Crippen LogP contribution in [0.5, 0.6) is 0 Å². The Morgan fingerprint density at radius 2 is 1.28 bits per heavy atom. The smallest absolute Gasteiger partial charge is 0.216 e. The summed E-state index contributed by atoms with van der Waals surface area (Å²) in [7, 11) is 2.05. The maximum Gasteiger partial charge on any atom is 0.216 e. The number of aromatic nitrogens is 1. The molecule has 0 aliphatic heterocycles. The molecule has 4 aromatic carbocycles. The highest BCUT2D eigenvalue weighted by atomic mass is 16.3. The third kappa shape index (κ3) is 3.47. The molecular formula is C33H25N2O+. The lowest BCUT2D eigenvalue weighted by molar-refractivity contribution is -0.660. The second-order valence-corrected chi connectivity index (χ2v) is 9.35. The number of pyridine rings is 1. The average molecular weight is 466 g/mol. The molecule has 0 N–H and O–H groups in total. The molecule has 36 heavy (non-hydrogen) atoms. The number of fused-ring (bicyclic) bond motifs is 3. The van der Waals surface area contributed by atoms with Crippen molar-refractivity contribution in [3.05, 3.63) is 114 Å². The summed E-state index contributed by atoms with van der Waals surface area (Å²) in [5.41, 5.74) is 10.9. The first kappa shape index (κ1) is 21.8. The second kappa shape index (κ2) is 8.52. The first-order valence-corrected chi connectivity index (χ1v) is 12.1. The normalized spacial score (nSPS) is 11.2. The van der Waals surface area contributed by atoms with E-state index in [0.29, 0.717) is 5.56 Å². The van der Waals surface area contributed by atoms with Gasteiger partial charge in [-0.25, -0.2) is 4.57 Å². The van der Waals surface area contributed by atoms with Crippen molar-refractivity contribution >= 4 is 21.9 Å². The Bertz CT molecular complexity index is 1800. The summed E-state index contributed by atoms with van der Waals surface area (Å²) in [6.07, 6.45) is 2.05. The van der Waals surface area contributed by atoms with Gasteiger partial charge in [-0.15, -0.1) is 0 Å². The molecule has 6 aromatic rings. The molecule has 2 aromatic heterocycles. The van der Waals surface area contributed by atoms with Crippen LogP contribution in [0, 0.1) is 25.2 Å². The average Bonchev–Trinajstić information content (AvgIpc) is 3.28. The molecule has 0 radical (unpaired) electrons. The van der Waals surface area contributed by atoms with E-state index in [1.165, 1.54) is 11.1 Å². The zero-order chi connectivity index (χ0) is 24.8. The zero-order valence-corrected chi connectivity index (χ0v) is 20.5. The topological polar surface area (TPSA) is 40.8 Å². The molecule has 0 amide bonds. The van der Waals surface area contributed by atoms with Crippen LogP contribution < -0.4 is 4.57 Å². The van der Waals surface area contributed by atoms with E-state index in [1.807, 2.05) is 37.5 Å². The van der Waals surface area contributed by atoms with Crippen molar-refractivity contribution in [2.75, 3.05) is 0 Å². The first-order valence-electron chi connectivity index (χ1n) is 12.1. The molecule has 0 bridgehead atoms. The van der Waals surface area contributed by atoms with Gasteiger partial charge in [0.25, 0.3) is 0 Å². The van der Waals surface area contributed by atoms with Crippen molar-refractivity contribution < 1.29 is 8.98 Å². The maximum absolute atomic E-state index is 9.99. The fraction of sp³-hybridized carbons (Fsp3) is 0.0909. The van der Waals surface area contributed by atoms with Crippen LogP contribution in [0.15, 0.2) is 102 Å². The van der Waals surface area contributed by atoms with Crippen LogP contribution in [-0.2, 0) is 7.05 Å². The number of hydrogen-bond acceptors (Lipinski definition) is 2. The number of nitrogens with zero attached hydrogens (tertiary/aromatic N) is 2. The Kier molecular flexibility index (Phi) is 5.16. The number of rotatable bonds is 3. The number of aryl methyl sites for hydroxylation is 3. The summed E-state index contributed by atoms with van der Waals surface area (Å²) in [5.74, 6) is 0. The highest BCUT2D eigenvalue weighted by Crippen LogP contribution is 2.42. The van der Waals surface area contributed by atoms with E-state index in [9.17, 15) is 5.26 Å². The molecule has 0 saturated heterocycles. The third-order valence-electron chi connectivity index (χ3n) is 7.01. The first-order chi connectivity index (χ1) is 17.5. The van der Waals surface area contributed by atoms with Crippen molar-refractivity contribution in [1.29, 1.82) is 5.26 Å². The van der Waals surface area contributed by atoms with Gasteiger partial charge in [0.1, 0.15) is 18.2 Å². The van der Waals surface area contributed by atoms with Crippen LogP contribution in [0.25, 0.3) is 55.4 Å². The maximum atomic E-state index is 9.99. The zero-order valence-electron chi connectivity index (χ0n) is 20.5. The summed E-state index contributed by atoms with van der Waals surface area (Å²) in [6.45, 7) is 4.20. The lowest BCUT2D eigenvalue weighted by Crippen LogP contribution is -2.30. The molecule has 0 aliphatic carbocycles. The van der Waals surface area contributed by atoms with Crippen molar-refractivity contribution in [1.82, 2.24) is 0 Å². The summed E-state index contributed by atoms with van der Waals surface area (Å²) in [6, 6.07) is 33.7. The Hall–Kier alpha value is -4.68. The lowest BCUT2D eigenvalue weighted by Gasteiger charge is -2.08. The predicted octanol–water partition coefficient (Wildman–Crippen LogP) is 7.90. The summed E-state index contributed by atoms with van der Waals surface area (Å²) in [4.78, 5) is 0. The molecule has 3 nitrogen and oxygen atoms in total. The predicted molar refractivity (Wildman–Crippen MR) is 145 cm³/mol. The molecule has 6 rings (SSSR count). The fourth-order valence-electron chi connectivity index (χ4n) is 5.06. The van der Waals surface area contributed by atoms with Gasteiger partial charge in [-0.3, -0.25) is 0 Å². The standard InChI is InChI=1S/C33H25N2O/c1-21-7-10-23(11-8-21)24-12-14-25(15-13-24)31-26(20-34)16-18-28-27-17-9-22(2)30(32(27)36-33(28)31)29-6-4-5-19-35(29)3/h4-19H,1-3H3/q+1. The molecular weight excluding hydrogens is 440 g/mol. The number of nitriles is 1. The van der Waals surface area contributed by atoms with E-state index in [1.54, 1.807) is 0 Å². The van der Waals surface area contributed by atoms with Gasteiger partial charge in [-0.2, -0.15) is 5.26 Å². The van der Waals surface area contributed by atoms with Crippen LogP contribution in [0.3, 0.4) is 0 Å². The third-order valence-corrected chi connectivity index (χ3v) is 7.01. The van der Waals surface area contributed by atoms with Gasteiger partial charge in [-0.05, 0) is 54.3 Å². The second-order valence-electron chi connectivity index (χ2n) is 9.35. The number of hydrogen-bond donors (Lipinski definition) is 0. The van der Waals surface area contributed by atoms with E-state index in [0.717, 1.165) is 55.4 Å². The van der Waals surface area contributed by atoms with Crippen molar-refractivity contribution in [3.8, 4) is 39.6 Å². The van der Waals surface area contributed by atoms with Crippen molar-refractivity contribution in [2.45, 2.75) is 13.8 Å². The molecule has 172 valence electrons. The van der Waals surface area contributed by atoms with Gasteiger partial charge in [0.2, 0.25) is 5.69 Å². The summed E-state index contributed by atoms with van der Waals surface area (Å²) in [5, 5.41) is 12.1. The Morgan fingerprint density at radius 1 is 0.667 bits per heavy atom. The minimum Gasteiger partial charge on any atom is -0.454 e. The highest BCUT2D eigenvalue weighted by Gasteiger charge is 2.22. The van der Waals surface area contributed by atoms with E-state index < -0.39 is 0 Å². The Balaban J connectivity index is 1.59. The van der Waals surface area contributed by atoms with Crippen LogP contribution in [0.2, 0.25) is 0 Å². The fourth-order valence-corrected chi connectivity index (χ4v) is 5.06. The van der Waals surface area contributed by atoms with E-state index >= 15 is 0 Å². The Morgan fingerprint density at radius 3 is 1.94 bits per heavy atom. The van der Waals surface area contributed by atoms with Gasteiger partial charge in [-0.1, -0.05) is 66.2 Å². The summed E-state index contributed by atoms with van der Waals surface area (Å²) < 4.78 is 8.78. The SMILES string of the molecule is Cc1ccc(-c2ccc(-c3c(C#N)ccc4c3oc3c(-c5cccc[n+]5C)c(C)ccc34)cc2)cc1. The van der Waals surface area contributed by atoms with Crippen LogP contribution in [0.1, 0.15) is 16.7 Å². The van der Waals surface area contributed by atoms with Crippen molar-refractivity contribution in [3.63, 3.8) is 0 Å². The van der Waals surface area contributed by atoms with Gasteiger partial charge >= 0.3 is 0 Å². The number of furan rings is 1. The summed E-state index contributed by atoms with van der Waals surface area (Å²) >= 11 is 0. The molecule has 3 heteroatoms. The lowest BCUT2D eigenvalue weighted by atomic mass is 9.94. The Labute approximate surface area is 210 Å². The van der Waals surface area contributed by atoms with Gasteiger partial charge in [0.05, 0.1) is 17.2 Å². The van der Waals surface area contributed by atoms with E-state index in [4.69, 9.17) is 4.42 Å². The minimum absolute atomic E-state index is 0.605. The minimum atomic E-state index is 0.605. The van der Waals surface area contributed by atoms with Crippen LogP contribution in [0.4, 0.5) is 0 Å². The molecule has 0 spiro atoms.